The summed E-state index contributed by atoms with van der Waals surface area (Å²) in [6, 6.07) is 21.3. The lowest BCUT2D eigenvalue weighted by Crippen LogP contribution is -2.25. The Hall–Kier alpha value is -3.16. The van der Waals surface area contributed by atoms with E-state index in [4.69, 9.17) is 0 Å². The van der Waals surface area contributed by atoms with Crippen LogP contribution in [0, 0.1) is 6.92 Å². The zero-order chi connectivity index (χ0) is 23.3. The summed E-state index contributed by atoms with van der Waals surface area (Å²) in [6.07, 6.45) is 2.48. The highest BCUT2D eigenvalue weighted by atomic mass is 32.2. The molecule has 0 spiro atoms. The van der Waals surface area contributed by atoms with Crippen LogP contribution in [0.2, 0.25) is 0 Å². The van der Waals surface area contributed by atoms with Gasteiger partial charge in [-0.05, 0) is 79.9 Å². The van der Waals surface area contributed by atoms with Crippen LogP contribution >= 0.6 is 0 Å². The highest BCUT2D eigenvalue weighted by Crippen LogP contribution is 2.20. The van der Waals surface area contributed by atoms with E-state index in [1.807, 2.05) is 37.3 Å². The fourth-order valence-electron chi connectivity index (χ4n) is 4.02. The fraction of sp³-hybridized carbons (Fsp3) is 0.269. The Morgan fingerprint density at radius 3 is 2.21 bits per heavy atom. The van der Waals surface area contributed by atoms with Crippen molar-refractivity contribution in [2.24, 2.45) is 0 Å². The van der Waals surface area contributed by atoms with Gasteiger partial charge in [0, 0.05) is 18.7 Å². The lowest BCUT2D eigenvalue weighted by molar-refractivity contribution is 0.0950. The van der Waals surface area contributed by atoms with Crippen LogP contribution in [0.1, 0.15) is 39.9 Å². The molecule has 1 fully saturated rings. The SMILES string of the molecule is Cc1ccccc1NS(=O)(=O)c1ccc(C(=O)NCc2ccccc2CN2CCCC2)cc1. The van der Waals surface area contributed by atoms with Crippen LogP contribution in [0.25, 0.3) is 0 Å². The molecule has 0 unspecified atom stereocenters. The van der Waals surface area contributed by atoms with Gasteiger partial charge in [-0.1, -0.05) is 42.5 Å². The number of carbonyl (C=O) groups is 1. The van der Waals surface area contributed by atoms with Gasteiger partial charge in [-0.25, -0.2) is 8.42 Å². The van der Waals surface area contributed by atoms with Gasteiger partial charge in [0.25, 0.3) is 15.9 Å². The average Bonchev–Trinajstić information content (AvgIpc) is 3.33. The molecule has 172 valence electrons. The second-order valence-electron chi connectivity index (χ2n) is 8.38. The van der Waals surface area contributed by atoms with Gasteiger partial charge in [0.1, 0.15) is 0 Å². The summed E-state index contributed by atoms with van der Waals surface area (Å²) in [6.45, 7) is 5.40. The number of sulfonamides is 1. The molecular formula is C26H29N3O3S. The molecule has 1 saturated heterocycles. The number of hydrogen-bond donors (Lipinski definition) is 2. The second-order valence-corrected chi connectivity index (χ2v) is 10.1. The summed E-state index contributed by atoms with van der Waals surface area (Å²) >= 11 is 0. The molecule has 0 radical (unpaired) electrons. The van der Waals surface area contributed by atoms with Crippen LogP contribution in [0.3, 0.4) is 0 Å². The number of benzene rings is 3. The highest BCUT2D eigenvalue weighted by molar-refractivity contribution is 7.92. The van der Waals surface area contributed by atoms with E-state index in [9.17, 15) is 13.2 Å². The molecule has 0 saturated carbocycles. The third-order valence-electron chi connectivity index (χ3n) is 5.97. The molecule has 1 amide bonds. The number of hydrogen-bond acceptors (Lipinski definition) is 4. The zero-order valence-electron chi connectivity index (χ0n) is 18.8. The summed E-state index contributed by atoms with van der Waals surface area (Å²) in [5, 5.41) is 2.96. The van der Waals surface area contributed by atoms with Crippen molar-refractivity contribution in [2.75, 3.05) is 17.8 Å². The van der Waals surface area contributed by atoms with Crippen LogP contribution in [0.15, 0.2) is 77.7 Å². The van der Waals surface area contributed by atoms with E-state index < -0.39 is 10.0 Å². The first-order chi connectivity index (χ1) is 15.9. The molecule has 0 aromatic heterocycles. The smallest absolute Gasteiger partial charge is 0.261 e. The van der Waals surface area contributed by atoms with E-state index in [0.29, 0.717) is 17.8 Å². The minimum atomic E-state index is -3.74. The van der Waals surface area contributed by atoms with Crippen LogP contribution in [-0.4, -0.2) is 32.3 Å². The van der Waals surface area contributed by atoms with Gasteiger partial charge in [-0.15, -0.1) is 0 Å². The van der Waals surface area contributed by atoms with E-state index in [1.165, 1.54) is 42.7 Å². The van der Waals surface area contributed by atoms with Gasteiger partial charge in [-0.2, -0.15) is 0 Å². The number of para-hydroxylation sites is 1. The molecule has 1 aliphatic rings. The quantitative estimate of drug-likeness (QED) is 0.521. The van der Waals surface area contributed by atoms with Gasteiger partial charge < -0.3 is 5.32 Å². The molecule has 1 aliphatic heterocycles. The molecule has 2 N–H and O–H groups in total. The fourth-order valence-corrected chi connectivity index (χ4v) is 5.15. The van der Waals surface area contributed by atoms with Gasteiger partial charge in [0.2, 0.25) is 0 Å². The molecule has 6 nitrogen and oxygen atoms in total. The first kappa shape index (κ1) is 23.0. The number of rotatable bonds is 8. The summed E-state index contributed by atoms with van der Waals surface area (Å²) in [5.41, 5.74) is 4.11. The van der Waals surface area contributed by atoms with E-state index in [-0.39, 0.29) is 10.8 Å². The zero-order valence-corrected chi connectivity index (χ0v) is 19.6. The van der Waals surface area contributed by atoms with Crippen molar-refractivity contribution >= 4 is 21.6 Å². The number of likely N-dealkylation sites (tertiary alicyclic amines) is 1. The lowest BCUT2D eigenvalue weighted by atomic mass is 10.1. The first-order valence-electron chi connectivity index (χ1n) is 11.2. The third kappa shape index (κ3) is 5.80. The molecule has 0 aliphatic carbocycles. The van der Waals surface area contributed by atoms with Crippen molar-refractivity contribution in [1.82, 2.24) is 10.2 Å². The van der Waals surface area contributed by atoms with E-state index in [0.717, 1.165) is 30.8 Å². The molecule has 7 heteroatoms. The van der Waals surface area contributed by atoms with Crippen LogP contribution in [0.4, 0.5) is 5.69 Å². The Morgan fingerprint density at radius 2 is 1.52 bits per heavy atom. The molecule has 4 rings (SSSR count). The number of carbonyl (C=O) groups excluding carboxylic acids is 1. The van der Waals surface area contributed by atoms with Gasteiger partial charge in [-0.3, -0.25) is 14.4 Å². The monoisotopic (exact) mass is 463 g/mol. The number of nitrogens with zero attached hydrogens (tertiary/aromatic N) is 1. The maximum Gasteiger partial charge on any atom is 0.261 e. The van der Waals surface area contributed by atoms with Crippen molar-refractivity contribution < 1.29 is 13.2 Å². The Morgan fingerprint density at radius 1 is 0.879 bits per heavy atom. The maximum atomic E-state index is 12.7. The first-order valence-corrected chi connectivity index (χ1v) is 12.7. The number of amides is 1. The van der Waals surface area contributed by atoms with Crippen molar-refractivity contribution in [3.8, 4) is 0 Å². The Bertz CT molecular complexity index is 1220. The predicted octanol–water partition coefficient (Wildman–Crippen LogP) is 4.32. The summed E-state index contributed by atoms with van der Waals surface area (Å²) in [4.78, 5) is 15.2. The minimum Gasteiger partial charge on any atom is -0.348 e. The average molecular weight is 464 g/mol. The molecule has 33 heavy (non-hydrogen) atoms. The van der Waals surface area contributed by atoms with E-state index in [2.05, 4.69) is 21.0 Å². The predicted molar refractivity (Wildman–Crippen MR) is 131 cm³/mol. The minimum absolute atomic E-state index is 0.110. The van der Waals surface area contributed by atoms with Crippen molar-refractivity contribution in [2.45, 2.75) is 37.8 Å². The Balaban J connectivity index is 1.39. The highest BCUT2D eigenvalue weighted by Gasteiger charge is 2.17. The van der Waals surface area contributed by atoms with Crippen LogP contribution < -0.4 is 10.0 Å². The van der Waals surface area contributed by atoms with E-state index >= 15 is 0 Å². The molecular weight excluding hydrogens is 434 g/mol. The van der Waals surface area contributed by atoms with Crippen LogP contribution in [0.5, 0.6) is 0 Å². The molecule has 1 heterocycles. The molecule has 0 bridgehead atoms. The normalized spacial score (nSPS) is 14.2. The number of anilines is 1. The summed E-state index contributed by atoms with van der Waals surface area (Å²) in [7, 11) is -3.74. The molecule has 3 aromatic rings. The summed E-state index contributed by atoms with van der Waals surface area (Å²) in [5.74, 6) is -0.234. The maximum absolute atomic E-state index is 12.7. The number of nitrogens with one attached hydrogen (secondary N) is 2. The molecule has 3 aromatic carbocycles. The topological polar surface area (TPSA) is 78.5 Å². The molecule has 0 atom stereocenters. The second kappa shape index (κ2) is 10.2. The van der Waals surface area contributed by atoms with Gasteiger partial charge in [0.15, 0.2) is 0 Å². The standard InChI is InChI=1S/C26H29N3O3S/c1-20-8-2-5-11-25(20)28-33(31,32)24-14-12-21(13-15-24)26(30)27-18-22-9-3-4-10-23(22)19-29-16-6-7-17-29/h2-5,8-15,28H,6-7,16-19H2,1H3,(H,27,30). The third-order valence-corrected chi connectivity index (χ3v) is 7.35. The number of aryl methyl sites for hydroxylation is 1. The van der Waals surface area contributed by atoms with Gasteiger partial charge in [0.05, 0.1) is 10.6 Å². The van der Waals surface area contributed by atoms with E-state index in [1.54, 1.807) is 12.1 Å². The lowest BCUT2D eigenvalue weighted by Gasteiger charge is -2.17. The largest absolute Gasteiger partial charge is 0.348 e. The van der Waals surface area contributed by atoms with Crippen molar-refractivity contribution in [3.05, 3.63) is 95.1 Å². The Kier molecular flexibility index (Phi) is 7.11. The Labute approximate surface area is 195 Å². The summed E-state index contributed by atoms with van der Waals surface area (Å²) < 4.78 is 28.0. The van der Waals surface area contributed by atoms with Crippen LogP contribution in [-0.2, 0) is 23.1 Å². The van der Waals surface area contributed by atoms with Crippen molar-refractivity contribution in [1.29, 1.82) is 0 Å². The van der Waals surface area contributed by atoms with Gasteiger partial charge >= 0.3 is 0 Å². The van der Waals surface area contributed by atoms with Crippen molar-refractivity contribution in [3.63, 3.8) is 0 Å².